The van der Waals surface area contributed by atoms with Crippen molar-refractivity contribution in [3.8, 4) is 0 Å². The Morgan fingerprint density at radius 1 is 1.35 bits per heavy atom. The molecule has 1 heterocycles. The van der Waals surface area contributed by atoms with Crippen LogP contribution in [0.5, 0.6) is 0 Å². The van der Waals surface area contributed by atoms with E-state index in [2.05, 4.69) is 15.8 Å². The number of rotatable bonds is 4. The van der Waals surface area contributed by atoms with E-state index in [9.17, 15) is 14.4 Å². The van der Waals surface area contributed by atoms with Crippen LogP contribution in [0.15, 0.2) is 29.4 Å². The lowest BCUT2D eigenvalue weighted by Crippen LogP contribution is -2.22. The van der Waals surface area contributed by atoms with Gasteiger partial charge in [-0.15, -0.1) is 0 Å². The lowest BCUT2D eigenvalue weighted by Gasteiger charge is -2.05. The van der Waals surface area contributed by atoms with Crippen molar-refractivity contribution in [2.75, 3.05) is 11.9 Å². The minimum atomic E-state index is -0.452. The number of nitrogens with one attached hydrogen (secondary N) is 2. The fourth-order valence-corrected chi connectivity index (χ4v) is 1.60. The van der Waals surface area contributed by atoms with Crippen LogP contribution in [-0.4, -0.2) is 30.1 Å². The van der Waals surface area contributed by atoms with Gasteiger partial charge < -0.3 is 10.1 Å². The molecule has 7 nitrogen and oxygen atoms in total. The number of hydrogen-bond acceptors (Lipinski definition) is 5. The van der Waals surface area contributed by atoms with Crippen LogP contribution in [0.2, 0.25) is 0 Å². The maximum atomic E-state index is 11.8. The van der Waals surface area contributed by atoms with Crippen molar-refractivity contribution < 1.29 is 19.1 Å². The van der Waals surface area contributed by atoms with E-state index in [1.807, 2.05) is 0 Å². The van der Waals surface area contributed by atoms with E-state index in [1.54, 1.807) is 31.2 Å². The number of hydrazone groups is 1. The normalized spacial score (nSPS) is 13.4. The molecule has 1 aliphatic heterocycles. The number of anilines is 1. The molecule has 0 unspecified atom stereocenters. The van der Waals surface area contributed by atoms with Gasteiger partial charge in [-0.25, -0.2) is 10.2 Å². The van der Waals surface area contributed by atoms with Crippen LogP contribution in [0.25, 0.3) is 0 Å². The minimum Gasteiger partial charge on any atom is -0.462 e. The van der Waals surface area contributed by atoms with E-state index in [0.717, 1.165) is 0 Å². The fourth-order valence-electron chi connectivity index (χ4n) is 1.60. The molecule has 0 spiro atoms. The molecule has 0 saturated heterocycles. The van der Waals surface area contributed by atoms with Gasteiger partial charge in [0.2, 0.25) is 5.91 Å². The molecular weight excluding hydrogens is 262 g/mol. The number of nitrogens with zero attached hydrogens (tertiary/aromatic N) is 1. The molecule has 7 heteroatoms. The first kappa shape index (κ1) is 13.7. The Bertz CT molecular complexity index is 578. The predicted molar refractivity (Wildman–Crippen MR) is 71.2 cm³/mol. The molecule has 1 aromatic rings. The zero-order valence-corrected chi connectivity index (χ0v) is 10.8. The molecule has 20 heavy (non-hydrogen) atoms. The summed E-state index contributed by atoms with van der Waals surface area (Å²) in [5.41, 5.74) is 3.24. The Kier molecular flexibility index (Phi) is 4.09. The molecule has 2 rings (SSSR count). The van der Waals surface area contributed by atoms with Crippen molar-refractivity contribution in [1.82, 2.24) is 5.43 Å². The monoisotopic (exact) mass is 275 g/mol. The molecular formula is C13H13N3O4. The zero-order chi connectivity index (χ0) is 14.5. The number of carbonyl (C=O) groups is 3. The molecule has 0 saturated carbocycles. The molecule has 0 atom stereocenters. The van der Waals surface area contributed by atoms with Crippen LogP contribution < -0.4 is 10.7 Å². The van der Waals surface area contributed by atoms with E-state index < -0.39 is 11.9 Å². The van der Waals surface area contributed by atoms with Crippen LogP contribution in [0, 0.1) is 0 Å². The highest BCUT2D eigenvalue weighted by atomic mass is 16.5. The molecule has 0 bridgehead atoms. The average molecular weight is 275 g/mol. The SMILES string of the molecule is CCOC(=O)c1ccc(NC(=O)C2=NNC(=O)C2)cc1. The highest BCUT2D eigenvalue weighted by Gasteiger charge is 2.21. The largest absolute Gasteiger partial charge is 0.462 e. The van der Waals surface area contributed by atoms with Crippen molar-refractivity contribution in [3.05, 3.63) is 29.8 Å². The molecule has 0 radical (unpaired) electrons. The van der Waals surface area contributed by atoms with Crippen molar-refractivity contribution >= 4 is 29.2 Å². The summed E-state index contributed by atoms with van der Waals surface area (Å²) in [6.45, 7) is 2.03. The summed E-state index contributed by atoms with van der Waals surface area (Å²) in [6, 6.07) is 6.25. The summed E-state index contributed by atoms with van der Waals surface area (Å²) in [5.74, 6) is -1.18. The number of esters is 1. The van der Waals surface area contributed by atoms with Gasteiger partial charge in [-0.1, -0.05) is 0 Å². The summed E-state index contributed by atoms with van der Waals surface area (Å²) in [6.07, 6.45) is -0.0350. The van der Waals surface area contributed by atoms with Gasteiger partial charge in [0.05, 0.1) is 18.6 Å². The quantitative estimate of drug-likeness (QED) is 0.789. The first-order valence-corrected chi connectivity index (χ1v) is 6.04. The molecule has 0 aromatic heterocycles. The molecule has 2 N–H and O–H groups in total. The van der Waals surface area contributed by atoms with Crippen LogP contribution in [0.4, 0.5) is 5.69 Å². The molecule has 0 aliphatic carbocycles. The molecule has 104 valence electrons. The second-order valence-corrected chi connectivity index (χ2v) is 4.02. The highest BCUT2D eigenvalue weighted by Crippen LogP contribution is 2.11. The van der Waals surface area contributed by atoms with E-state index in [1.165, 1.54) is 0 Å². The third-order valence-corrected chi connectivity index (χ3v) is 2.56. The Labute approximate surface area is 115 Å². The Morgan fingerprint density at radius 2 is 2.05 bits per heavy atom. The summed E-state index contributed by atoms with van der Waals surface area (Å²) in [7, 11) is 0. The minimum absolute atomic E-state index is 0.0350. The molecule has 1 aliphatic rings. The van der Waals surface area contributed by atoms with Crippen molar-refractivity contribution in [3.63, 3.8) is 0 Å². The summed E-state index contributed by atoms with van der Waals surface area (Å²) >= 11 is 0. The highest BCUT2D eigenvalue weighted by molar-refractivity contribution is 6.46. The van der Waals surface area contributed by atoms with Crippen LogP contribution in [0.1, 0.15) is 23.7 Å². The number of amides is 2. The van der Waals surface area contributed by atoms with Gasteiger partial charge in [0.15, 0.2) is 0 Å². The number of hydrogen-bond donors (Lipinski definition) is 2. The van der Waals surface area contributed by atoms with Crippen LogP contribution in [-0.2, 0) is 14.3 Å². The smallest absolute Gasteiger partial charge is 0.338 e. The van der Waals surface area contributed by atoms with Crippen molar-refractivity contribution in [2.45, 2.75) is 13.3 Å². The second-order valence-electron chi connectivity index (χ2n) is 4.02. The lowest BCUT2D eigenvalue weighted by molar-refractivity contribution is -0.119. The first-order chi connectivity index (χ1) is 9.60. The number of benzene rings is 1. The van der Waals surface area contributed by atoms with Gasteiger partial charge in [-0.2, -0.15) is 5.10 Å². The van der Waals surface area contributed by atoms with Gasteiger partial charge in [0.1, 0.15) is 5.71 Å². The second kappa shape index (κ2) is 5.96. The van der Waals surface area contributed by atoms with E-state index in [-0.39, 0.29) is 18.0 Å². The van der Waals surface area contributed by atoms with Crippen molar-refractivity contribution in [1.29, 1.82) is 0 Å². The third-order valence-electron chi connectivity index (χ3n) is 2.56. The predicted octanol–water partition coefficient (Wildman–Crippen LogP) is 0.678. The summed E-state index contributed by atoms with van der Waals surface area (Å²) in [5, 5.41) is 6.20. The zero-order valence-electron chi connectivity index (χ0n) is 10.8. The first-order valence-electron chi connectivity index (χ1n) is 6.04. The Hall–Kier alpha value is -2.70. The average Bonchev–Trinajstić information content (AvgIpc) is 2.86. The van der Waals surface area contributed by atoms with Crippen LogP contribution >= 0.6 is 0 Å². The topological polar surface area (TPSA) is 96.9 Å². The van der Waals surface area contributed by atoms with Gasteiger partial charge >= 0.3 is 5.97 Å². The van der Waals surface area contributed by atoms with E-state index in [0.29, 0.717) is 17.9 Å². The Morgan fingerprint density at radius 3 is 2.60 bits per heavy atom. The maximum absolute atomic E-state index is 11.8. The summed E-state index contributed by atoms with van der Waals surface area (Å²) < 4.78 is 4.85. The molecule has 2 amide bonds. The number of carbonyl (C=O) groups excluding carboxylic acids is 3. The van der Waals surface area contributed by atoms with Gasteiger partial charge in [0, 0.05) is 5.69 Å². The standard InChI is InChI=1S/C13H13N3O4/c1-2-20-13(19)8-3-5-9(6-4-8)14-12(18)10-7-11(17)16-15-10/h3-6H,2,7H2,1H3,(H,14,18)(H,16,17). The Balaban J connectivity index is 1.99. The van der Waals surface area contributed by atoms with Gasteiger partial charge in [-0.05, 0) is 31.2 Å². The van der Waals surface area contributed by atoms with Crippen LogP contribution in [0.3, 0.4) is 0 Å². The summed E-state index contributed by atoms with van der Waals surface area (Å²) in [4.78, 5) is 34.1. The van der Waals surface area contributed by atoms with Crippen molar-refractivity contribution in [2.24, 2.45) is 5.10 Å². The molecule has 1 aromatic carbocycles. The van der Waals surface area contributed by atoms with E-state index >= 15 is 0 Å². The maximum Gasteiger partial charge on any atom is 0.338 e. The fraction of sp³-hybridized carbons (Fsp3) is 0.231. The third kappa shape index (κ3) is 3.19. The number of ether oxygens (including phenoxy) is 1. The van der Waals surface area contributed by atoms with Gasteiger partial charge in [-0.3, -0.25) is 9.59 Å². The van der Waals surface area contributed by atoms with E-state index in [4.69, 9.17) is 4.74 Å². The van der Waals surface area contributed by atoms with Gasteiger partial charge in [0.25, 0.3) is 5.91 Å². The lowest BCUT2D eigenvalue weighted by atomic mass is 10.2. The molecule has 0 fully saturated rings.